The molecule has 0 aliphatic heterocycles. The van der Waals surface area contributed by atoms with Crippen molar-refractivity contribution >= 4 is 0 Å². The molecular weight excluding hydrogens is 224 g/mol. The number of aromatic nitrogens is 1. The minimum atomic E-state index is 0.219. The molecule has 0 aromatic carbocycles. The molecule has 0 radical (unpaired) electrons. The van der Waals surface area contributed by atoms with Crippen LogP contribution in [0.15, 0.2) is 18.2 Å². The Hall–Kier alpha value is -1.09. The molecular formula is C15H26N2O. The van der Waals surface area contributed by atoms with Gasteiger partial charge in [-0.2, -0.15) is 0 Å². The van der Waals surface area contributed by atoms with Crippen LogP contribution in [0.5, 0.6) is 5.88 Å². The van der Waals surface area contributed by atoms with Crippen molar-refractivity contribution in [2.75, 3.05) is 6.54 Å². The maximum Gasteiger partial charge on any atom is 0.213 e. The number of rotatable bonds is 8. The van der Waals surface area contributed by atoms with Crippen molar-refractivity contribution in [1.82, 2.24) is 10.3 Å². The third kappa shape index (κ3) is 6.01. The highest BCUT2D eigenvalue weighted by Gasteiger charge is 2.07. The Labute approximate surface area is 111 Å². The zero-order valence-corrected chi connectivity index (χ0v) is 12.1. The molecule has 102 valence electrons. The van der Waals surface area contributed by atoms with E-state index >= 15 is 0 Å². The molecule has 1 rings (SSSR count). The summed E-state index contributed by atoms with van der Waals surface area (Å²) in [7, 11) is 0. The van der Waals surface area contributed by atoms with Crippen LogP contribution < -0.4 is 10.1 Å². The van der Waals surface area contributed by atoms with Gasteiger partial charge in [0.15, 0.2) is 0 Å². The van der Waals surface area contributed by atoms with Crippen LogP contribution in [0.2, 0.25) is 0 Å². The van der Waals surface area contributed by atoms with Crippen molar-refractivity contribution in [1.29, 1.82) is 0 Å². The van der Waals surface area contributed by atoms with Gasteiger partial charge in [0.25, 0.3) is 0 Å². The quantitative estimate of drug-likeness (QED) is 0.718. The molecule has 1 heterocycles. The van der Waals surface area contributed by atoms with Crippen LogP contribution in [0, 0.1) is 5.92 Å². The number of nitrogens with one attached hydrogen (secondary N) is 1. The lowest BCUT2D eigenvalue weighted by Crippen LogP contribution is -2.17. The molecule has 0 saturated carbocycles. The predicted octanol–water partition coefficient (Wildman–Crippen LogP) is 3.39. The molecule has 1 unspecified atom stereocenters. The summed E-state index contributed by atoms with van der Waals surface area (Å²) in [6.07, 6.45) is 2.41. The number of ether oxygens (including phenoxy) is 1. The Bertz CT molecular complexity index is 339. The average molecular weight is 250 g/mol. The normalized spacial score (nSPS) is 12.7. The lowest BCUT2D eigenvalue weighted by Gasteiger charge is -2.16. The molecule has 1 N–H and O–H groups in total. The molecule has 0 bridgehead atoms. The third-order valence-corrected chi connectivity index (χ3v) is 2.64. The molecule has 3 heteroatoms. The summed E-state index contributed by atoms with van der Waals surface area (Å²) in [5.74, 6) is 1.38. The maximum atomic E-state index is 5.83. The second kappa shape index (κ2) is 8.09. The van der Waals surface area contributed by atoms with Crippen LogP contribution in [0.3, 0.4) is 0 Å². The molecule has 0 saturated heterocycles. The van der Waals surface area contributed by atoms with Gasteiger partial charge < -0.3 is 10.1 Å². The summed E-state index contributed by atoms with van der Waals surface area (Å²) in [4.78, 5) is 4.51. The first kappa shape index (κ1) is 15.0. The number of nitrogens with zero attached hydrogens (tertiary/aromatic N) is 1. The zero-order chi connectivity index (χ0) is 13.4. The van der Waals surface area contributed by atoms with Gasteiger partial charge in [-0.25, -0.2) is 4.98 Å². The molecule has 0 aliphatic rings. The predicted molar refractivity (Wildman–Crippen MR) is 75.8 cm³/mol. The molecule has 18 heavy (non-hydrogen) atoms. The van der Waals surface area contributed by atoms with Crippen LogP contribution in [0.1, 0.15) is 46.2 Å². The fraction of sp³-hybridized carbons (Fsp3) is 0.667. The first-order valence-electron chi connectivity index (χ1n) is 6.95. The van der Waals surface area contributed by atoms with Gasteiger partial charge in [0.2, 0.25) is 5.88 Å². The minimum absolute atomic E-state index is 0.219. The summed E-state index contributed by atoms with van der Waals surface area (Å²) in [6.45, 7) is 10.5. The fourth-order valence-electron chi connectivity index (χ4n) is 1.93. The molecule has 0 fully saturated rings. The SMILES string of the molecule is CCCNCc1cccc(OC(C)CC(C)C)n1. The molecule has 1 aromatic rings. The fourth-order valence-corrected chi connectivity index (χ4v) is 1.93. The average Bonchev–Trinajstić information content (AvgIpc) is 2.28. The largest absolute Gasteiger partial charge is 0.475 e. The summed E-state index contributed by atoms with van der Waals surface area (Å²) >= 11 is 0. The molecule has 1 atom stereocenters. The van der Waals surface area contributed by atoms with Crippen LogP contribution in [0.4, 0.5) is 0 Å². The van der Waals surface area contributed by atoms with Crippen LogP contribution >= 0.6 is 0 Å². The van der Waals surface area contributed by atoms with E-state index in [0.717, 1.165) is 37.5 Å². The van der Waals surface area contributed by atoms with Crippen molar-refractivity contribution in [3.05, 3.63) is 23.9 Å². The molecule has 0 aliphatic carbocycles. The van der Waals surface area contributed by atoms with Gasteiger partial charge in [-0.1, -0.05) is 26.8 Å². The first-order valence-corrected chi connectivity index (χ1v) is 6.95. The Kier molecular flexibility index (Phi) is 6.73. The topological polar surface area (TPSA) is 34.1 Å². The monoisotopic (exact) mass is 250 g/mol. The summed E-state index contributed by atoms with van der Waals surface area (Å²) in [6, 6.07) is 5.97. The van der Waals surface area contributed by atoms with Crippen molar-refractivity contribution in [3.8, 4) is 5.88 Å². The number of hydrogen-bond acceptors (Lipinski definition) is 3. The third-order valence-electron chi connectivity index (χ3n) is 2.64. The smallest absolute Gasteiger partial charge is 0.213 e. The van der Waals surface area contributed by atoms with E-state index < -0.39 is 0 Å². The van der Waals surface area contributed by atoms with Crippen LogP contribution in [-0.2, 0) is 6.54 Å². The molecule has 1 aromatic heterocycles. The van der Waals surface area contributed by atoms with Gasteiger partial charge in [-0.05, 0) is 38.3 Å². The molecule has 0 spiro atoms. The second-order valence-electron chi connectivity index (χ2n) is 5.20. The van der Waals surface area contributed by atoms with Gasteiger partial charge in [-0.3, -0.25) is 0 Å². The van der Waals surface area contributed by atoms with E-state index in [2.05, 4.69) is 38.0 Å². The van der Waals surface area contributed by atoms with E-state index in [9.17, 15) is 0 Å². The van der Waals surface area contributed by atoms with Gasteiger partial charge in [0, 0.05) is 12.6 Å². The van der Waals surface area contributed by atoms with Crippen molar-refractivity contribution < 1.29 is 4.74 Å². The van der Waals surface area contributed by atoms with Crippen LogP contribution in [0.25, 0.3) is 0 Å². The van der Waals surface area contributed by atoms with Gasteiger partial charge in [-0.15, -0.1) is 0 Å². The van der Waals surface area contributed by atoms with Crippen LogP contribution in [-0.4, -0.2) is 17.6 Å². The minimum Gasteiger partial charge on any atom is -0.475 e. The van der Waals surface area contributed by atoms with Crippen molar-refractivity contribution in [3.63, 3.8) is 0 Å². The standard InChI is InChI=1S/C15H26N2O/c1-5-9-16-11-14-7-6-8-15(17-14)18-13(4)10-12(2)3/h6-8,12-13,16H,5,9-11H2,1-4H3. The van der Waals surface area contributed by atoms with E-state index in [1.165, 1.54) is 0 Å². The lowest BCUT2D eigenvalue weighted by molar-refractivity contribution is 0.185. The zero-order valence-electron chi connectivity index (χ0n) is 12.1. The summed E-state index contributed by atoms with van der Waals surface area (Å²) in [5, 5.41) is 3.35. The summed E-state index contributed by atoms with van der Waals surface area (Å²) in [5.41, 5.74) is 1.04. The highest BCUT2D eigenvalue weighted by Crippen LogP contribution is 2.13. The van der Waals surface area contributed by atoms with Gasteiger partial charge in [0.05, 0.1) is 11.8 Å². The Morgan fingerprint density at radius 3 is 2.72 bits per heavy atom. The van der Waals surface area contributed by atoms with Gasteiger partial charge in [0.1, 0.15) is 0 Å². The summed E-state index contributed by atoms with van der Waals surface area (Å²) < 4.78 is 5.83. The van der Waals surface area contributed by atoms with E-state index in [1.807, 2.05) is 18.2 Å². The molecule has 0 amide bonds. The first-order chi connectivity index (χ1) is 8.61. The van der Waals surface area contributed by atoms with E-state index in [1.54, 1.807) is 0 Å². The Morgan fingerprint density at radius 2 is 2.06 bits per heavy atom. The van der Waals surface area contributed by atoms with E-state index in [0.29, 0.717) is 5.92 Å². The van der Waals surface area contributed by atoms with E-state index in [-0.39, 0.29) is 6.10 Å². The second-order valence-corrected chi connectivity index (χ2v) is 5.20. The lowest BCUT2D eigenvalue weighted by atomic mass is 10.1. The van der Waals surface area contributed by atoms with E-state index in [4.69, 9.17) is 4.74 Å². The Balaban J connectivity index is 2.48. The van der Waals surface area contributed by atoms with Gasteiger partial charge >= 0.3 is 0 Å². The molecule has 3 nitrogen and oxygen atoms in total. The number of pyridine rings is 1. The van der Waals surface area contributed by atoms with Crippen molar-refractivity contribution in [2.24, 2.45) is 5.92 Å². The highest BCUT2D eigenvalue weighted by atomic mass is 16.5. The number of hydrogen-bond donors (Lipinski definition) is 1. The highest BCUT2D eigenvalue weighted by molar-refractivity contribution is 5.16. The maximum absolute atomic E-state index is 5.83. The Morgan fingerprint density at radius 1 is 1.28 bits per heavy atom. The van der Waals surface area contributed by atoms with Crippen molar-refractivity contribution in [2.45, 2.75) is 53.2 Å².